The van der Waals surface area contributed by atoms with Gasteiger partial charge in [0.05, 0.1) is 6.42 Å². The van der Waals surface area contributed by atoms with Crippen LogP contribution in [0.15, 0.2) is 24.3 Å². The maximum absolute atomic E-state index is 11.5. The minimum Gasteiger partial charge on any atom is -0.508 e. The molecular formula is C13H20N2O2. The van der Waals surface area contributed by atoms with Gasteiger partial charge in [0.25, 0.3) is 0 Å². The predicted octanol–water partition coefficient (Wildman–Crippen LogP) is 1.18. The molecule has 0 unspecified atom stereocenters. The number of aromatic hydroxyl groups is 1. The number of hydrogen-bond acceptors (Lipinski definition) is 3. The monoisotopic (exact) mass is 236 g/mol. The van der Waals surface area contributed by atoms with Crippen LogP contribution >= 0.6 is 0 Å². The summed E-state index contributed by atoms with van der Waals surface area (Å²) in [4.78, 5) is 11.5. The lowest BCUT2D eigenvalue weighted by Crippen LogP contribution is -2.26. The Hall–Kier alpha value is -1.55. The Kier molecular flexibility index (Phi) is 6.10. The number of phenolic OH excluding ortho intramolecular Hbond substituents is 1. The average molecular weight is 236 g/mol. The van der Waals surface area contributed by atoms with Crippen molar-refractivity contribution < 1.29 is 9.90 Å². The SMILES string of the molecule is NCCCCCNC(=O)Cc1cccc(O)c1. The molecule has 4 N–H and O–H groups in total. The molecule has 0 fully saturated rings. The second kappa shape index (κ2) is 7.68. The number of carbonyl (C=O) groups is 1. The second-order valence-corrected chi connectivity index (χ2v) is 4.05. The summed E-state index contributed by atoms with van der Waals surface area (Å²) in [5, 5.41) is 12.1. The van der Waals surface area contributed by atoms with Crippen LogP contribution in [0, 0.1) is 0 Å². The average Bonchev–Trinajstić information content (AvgIpc) is 2.29. The van der Waals surface area contributed by atoms with Crippen LogP contribution in [0.4, 0.5) is 0 Å². The van der Waals surface area contributed by atoms with Crippen LogP contribution in [-0.2, 0) is 11.2 Å². The molecule has 0 radical (unpaired) electrons. The Morgan fingerprint density at radius 2 is 2.12 bits per heavy atom. The van der Waals surface area contributed by atoms with E-state index in [2.05, 4.69) is 5.32 Å². The van der Waals surface area contributed by atoms with E-state index in [0.29, 0.717) is 19.5 Å². The third-order valence-electron chi connectivity index (χ3n) is 2.48. The van der Waals surface area contributed by atoms with E-state index in [1.165, 1.54) is 0 Å². The minimum atomic E-state index is -0.0108. The molecule has 1 amide bonds. The summed E-state index contributed by atoms with van der Waals surface area (Å²) in [6.07, 6.45) is 3.32. The van der Waals surface area contributed by atoms with Crippen molar-refractivity contribution in [2.75, 3.05) is 13.1 Å². The summed E-state index contributed by atoms with van der Waals surface area (Å²) >= 11 is 0. The fourth-order valence-electron chi connectivity index (χ4n) is 1.59. The maximum Gasteiger partial charge on any atom is 0.224 e. The number of phenols is 1. The quantitative estimate of drug-likeness (QED) is 0.622. The number of benzene rings is 1. The Morgan fingerprint density at radius 3 is 2.82 bits per heavy atom. The van der Waals surface area contributed by atoms with Gasteiger partial charge in [0.2, 0.25) is 5.91 Å². The second-order valence-electron chi connectivity index (χ2n) is 4.05. The number of hydrogen-bond donors (Lipinski definition) is 3. The lowest BCUT2D eigenvalue weighted by molar-refractivity contribution is -0.120. The standard InChI is InChI=1S/C13H20N2O2/c14-7-2-1-3-8-15-13(17)10-11-5-4-6-12(16)9-11/h4-6,9,16H,1-3,7-8,10,14H2,(H,15,17). The van der Waals surface area contributed by atoms with Crippen LogP contribution in [0.25, 0.3) is 0 Å². The molecule has 94 valence electrons. The summed E-state index contributed by atoms with van der Waals surface area (Å²) < 4.78 is 0. The van der Waals surface area contributed by atoms with Crippen LogP contribution in [0.3, 0.4) is 0 Å². The molecule has 0 aliphatic rings. The third kappa shape index (κ3) is 5.92. The van der Waals surface area contributed by atoms with Gasteiger partial charge < -0.3 is 16.2 Å². The highest BCUT2D eigenvalue weighted by atomic mass is 16.3. The smallest absolute Gasteiger partial charge is 0.224 e. The number of amides is 1. The highest BCUT2D eigenvalue weighted by Gasteiger charge is 2.02. The molecule has 0 heterocycles. The zero-order valence-corrected chi connectivity index (χ0v) is 9.98. The van der Waals surface area contributed by atoms with Gasteiger partial charge in [-0.15, -0.1) is 0 Å². The van der Waals surface area contributed by atoms with Crippen LogP contribution in [-0.4, -0.2) is 24.1 Å². The first-order valence-corrected chi connectivity index (χ1v) is 5.97. The number of nitrogens with one attached hydrogen (secondary N) is 1. The Morgan fingerprint density at radius 1 is 1.29 bits per heavy atom. The summed E-state index contributed by atoms with van der Waals surface area (Å²) in [5.74, 6) is 0.182. The number of rotatable bonds is 7. The molecule has 0 atom stereocenters. The molecule has 0 saturated carbocycles. The van der Waals surface area contributed by atoms with Crippen molar-refractivity contribution in [3.05, 3.63) is 29.8 Å². The van der Waals surface area contributed by atoms with Crippen LogP contribution in [0.5, 0.6) is 5.75 Å². The predicted molar refractivity (Wildman–Crippen MR) is 67.7 cm³/mol. The molecule has 0 bridgehead atoms. The van der Waals surface area contributed by atoms with Crippen LogP contribution in [0.2, 0.25) is 0 Å². The lowest BCUT2D eigenvalue weighted by atomic mass is 10.1. The Labute approximate surface area is 102 Å². The number of unbranched alkanes of at least 4 members (excludes halogenated alkanes) is 2. The van der Waals surface area contributed by atoms with Crippen molar-refractivity contribution in [3.63, 3.8) is 0 Å². The molecule has 1 aromatic carbocycles. The number of nitrogens with two attached hydrogens (primary N) is 1. The minimum absolute atomic E-state index is 0.0108. The molecule has 0 aliphatic heterocycles. The van der Waals surface area contributed by atoms with Crippen molar-refractivity contribution in [1.82, 2.24) is 5.32 Å². The molecule has 0 saturated heterocycles. The highest BCUT2D eigenvalue weighted by molar-refractivity contribution is 5.78. The molecule has 0 aliphatic carbocycles. The summed E-state index contributed by atoms with van der Waals surface area (Å²) in [5.41, 5.74) is 6.20. The van der Waals surface area contributed by atoms with E-state index < -0.39 is 0 Å². The van der Waals surface area contributed by atoms with E-state index in [1.807, 2.05) is 6.07 Å². The summed E-state index contributed by atoms with van der Waals surface area (Å²) in [7, 11) is 0. The molecule has 4 heteroatoms. The highest BCUT2D eigenvalue weighted by Crippen LogP contribution is 2.11. The first-order chi connectivity index (χ1) is 8.22. The van der Waals surface area contributed by atoms with E-state index in [0.717, 1.165) is 24.8 Å². The van der Waals surface area contributed by atoms with Gasteiger partial charge in [-0.2, -0.15) is 0 Å². The van der Waals surface area contributed by atoms with Gasteiger partial charge in [-0.1, -0.05) is 18.6 Å². The van der Waals surface area contributed by atoms with Crippen LogP contribution < -0.4 is 11.1 Å². The summed E-state index contributed by atoms with van der Waals surface area (Å²) in [6, 6.07) is 6.76. The van der Waals surface area contributed by atoms with Gasteiger partial charge in [-0.25, -0.2) is 0 Å². The summed E-state index contributed by atoms with van der Waals surface area (Å²) in [6.45, 7) is 1.40. The van der Waals surface area contributed by atoms with Crippen molar-refractivity contribution in [1.29, 1.82) is 0 Å². The topological polar surface area (TPSA) is 75.3 Å². The third-order valence-corrected chi connectivity index (χ3v) is 2.48. The largest absolute Gasteiger partial charge is 0.508 e. The zero-order valence-electron chi connectivity index (χ0n) is 9.98. The van der Waals surface area contributed by atoms with Gasteiger partial charge in [0.15, 0.2) is 0 Å². The fraction of sp³-hybridized carbons (Fsp3) is 0.462. The maximum atomic E-state index is 11.5. The lowest BCUT2D eigenvalue weighted by Gasteiger charge is -2.05. The van der Waals surface area contributed by atoms with E-state index in [-0.39, 0.29) is 11.7 Å². The molecule has 1 aromatic rings. The van der Waals surface area contributed by atoms with Crippen LogP contribution in [0.1, 0.15) is 24.8 Å². The van der Waals surface area contributed by atoms with Gasteiger partial charge in [0.1, 0.15) is 5.75 Å². The molecule has 4 nitrogen and oxygen atoms in total. The fourth-order valence-corrected chi connectivity index (χ4v) is 1.59. The van der Waals surface area contributed by atoms with Gasteiger partial charge in [-0.05, 0) is 37.1 Å². The molecule has 17 heavy (non-hydrogen) atoms. The normalized spacial score (nSPS) is 10.2. The zero-order chi connectivity index (χ0) is 12.5. The first-order valence-electron chi connectivity index (χ1n) is 5.97. The van der Waals surface area contributed by atoms with Crippen molar-refractivity contribution in [3.8, 4) is 5.75 Å². The first kappa shape index (κ1) is 13.5. The molecule has 1 rings (SSSR count). The molecule has 0 spiro atoms. The van der Waals surface area contributed by atoms with Crippen molar-refractivity contribution in [2.45, 2.75) is 25.7 Å². The van der Waals surface area contributed by atoms with E-state index in [4.69, 9.17) is 5.73 Å². The van der Waals surface area contributed by atoms with Gasteiger partial charge in [0, 0.05) is 6.54 Å². The Balaban J connectivity index is 2.21. The van der Waals surface area contributed by atoms with E-state index in [9.17, 15) is 9.90 Å². The molecular weight excluding hydrogens is 216 g/mol. The number of carbonyl (C=O) groups excluding carboxylic acids is 1. The van der Waals surface area contributed by atoms with Gasteiger partial charge in [-0.3, -0.25) is 4.79 Å². The van der Waals surface area contributed by atoms with Crippen molar-refractivity contribution in [2.24, 2.45) is 5.73 Å². The van der Waals surface area contributed by atoms with Crippen molar-refractivity contribution >= 4 is 5.91 Å². The van der Waals surface area contributed by atoms with Gasteiger partial charge >= 0.3 is 0 Å². The van der Waals surface area contributed by atoms with E-state index >= 15 is 0 Å². The van der Waals surface area contributed by atoms with E-state index in [1.54, 1.807) is 18.2 Å². The Bertz CT molecular complexity index is 353. The molecule has 0 aromatic heterocycles.